The Kier molecular flexibility index (Phi) is 7.53. The van der Waals surface area contributed by atoms with Gasteiger partial charge in [0.15, 0.2) is 0 Å². The second kappa shape index (κ2) is 9.46. The zero-order chi connectivity index (χ0) is 20.8. The fourth-order valence-corrected chi connectivity index (χ4v) is 2.34. The number of carbonyl (C=O) groups is 1. The molecule has 0 aliphatic carbocycles. The van der Waals surface area contributed by atoms with Crippen LogP contribution in [0.4, 0.5) is 0 Å². The van der Waals surface area contributed by atoms with Crippen molar-refractivity contribution in [2.75, 3.05) is 33.5 Å². The first-order chi connectivity index (χ1) is 13.2. The van der Waals surface area contributed by atoms with Crippen LogP contribution in [0, 0.1) is 5.41 Å². The molecule has 1 saturated heterocycles. The molecular formula is C18H29BN4O5. The largest absolute Gasteiger partial charge is 0.497 e. The number of aliphatic imine (C=N–C) groups is 1. The molecule has 2 rings (SSSR count). The maximum atomic E-state index is 11.9. The average molecular weight is 392 g/mol. The van der Waals surface area contributed by atoms with Crippen LogP contribution in [0.15, 0.2) is 28.6 Å². The molecule has 1 fully saturated rings. The summed E-state index contributed by atoms with van der Waals surface area (Å²) >= 11 is 0. The molecule has 2 aliphatic heterocycles. The number of ether oxygens (including phenoxy) is 2. The van der Waals surface area contributed by atoms with Crippen LogP contribution in [-0.4, -0.2) is 69.6 Å². The van der Waals surface area contributed by atoms with Crippen molar-refractivity contribution in [3.63, 3.8) is 0 Å². The van der Waals surface area contributed by atoms with Gasteiger partial charge in [0.05, 0.1) is 31.0 Å². The second-order valence-electron chi connectivity index (χ2n) is 7.44. The van der Waals surface area contributed by atoms with E-state index in [9.17, 15) is 4.79 Å². The van der Waals surface area contributed by atoms with Crippen molar-refractivity contribution in [3.05, 3.63) is 23.6 Å². The van der Waals surface area contributed by atoms with Gasteiger partial charge in [-0.3, -0.25) is 10.2 Å². The van der Waals surface area contributed by atoms with E-state index >= 15 is 0 Å². The van der Waals surface area contributed by atoms with Crippen molar-refractivity contribution in [1.29, 1.82) is 5.41 Å². The van der Waals surface area contributed by atoms with Crippen LogP contribution in [0.3, 0.4) is 0 Å². The van der Waals surface area contributed by atoms with Crippen molar-refractivity contribution >= 4 is 25.0 Å². The van der Waals surface area contributed by atoms with Crippen LogP contribution in [0.1, 0.15) is 27.7 Å². The fraction of sp³-hybridized carbons (Fsp3) is 0.611. The van der Waals surface area contributed by atoms with E-state index in [4.69, 9.17) is 24.2 Å². The zero-order valence-corrected chi connectivity index (χ0v) is 17.1. The molecule has 0 radical (unpaired) electrons. The first kappa shape index (κ1) is 22.3. The quantitative estimate of drug-likeness (QED) is 0.304. The van der Waals surface area contributed by atoms with Crippen molar-refractivity contribution in [2.24, 2.45) is 4.99 Å². The Morgan fingerprint density at radius 2 is 1.96 bits per heavy atom. The number of allylic oxidation sites excluding steroid dienone is 1. The van der Waals surface area contributed by atoms with Gasteiger partial charge in [0.25, 0.3) is 5.91 Å². The number of hydrogen-bond donors (Lipinski definition) is 3. The lowest BCUT2D eigenvalue weighted by Gasteiger charge is -2.32. The highest BCUT2D eigenvalue weighted by Crippen LogP contribution is 2.38. The first-order valence-electron chi connectivity index (χ1n) is 9.18. The Morgan fingerprint density at radius 1 is 1.29 bits per heavy atom. The molecule has 0 bridgehead atoms. The summed E-state index contributed by atoms with van der Waals surface area (Å²) in [5, 5.41) is 13.4. The van der Waals surface area contributed by atoms with E-state index in [-0.39, 0.29) is 5.71 Å². The zero-order valence-electron chi connectivity index (χ0n) is 17.1. The summed E-state index contributed by atoms with van der Waals surface area (Å²) in [6.45, 7) is 9.56. The van der Waals surface area contributed by atoms with Gasteiger partial charge >= 0.3 is 7.12 Å². The van der Waals surface area contributed by atoms with E-state index < -0.39 is 24.2 Å². The van der Waals surface area contributed by atoms with Crippen LogP contribution in [0.5, 0.6) is 0 Å². The summed E-state index contributed by atoms with van der Waals surface area (Å²) < 4.78 is 22.0. The highest BCUT2D eigenvalue weighted by Gasteiger charge is 2.52. The lowest BCUT2D eigenvalue weighted by Crippen LogP contribution is -2.41. The molecule has 0 atom stereocenters. The van der Waals surface area contributed by atoms with Gasteiger partial charge in [0.1, 0.15) is 11.5 Å². The molecule has 28 heavy (non-hydrogen) atoms. The number of amides is 1. The summed E-state index contributed by atoms with van der Waals surface area (Å²) in [5.74, 6) is -0.114. The molecule has 1 amide bonds. The number of nitrogens with one attached hydrogen (secondary N) is 3. The van der Waals surface area contributed by atoms with Gasteiger partial charge in [-0.25, -0.2) is 4.99 Å². The topological polar surface area (TPSA) is 114 Å². The molecule has 0 unspecified atom stereocenters. The monoisotopic (exact) mass is 392 g/mol. The van der Waals surface area contributed by atoms with Gasteiger partial charge < -0.3 is 29.4 Å². The predicted molar refractivity (Wildman–Crippen MR) is 107 cm³/mol. The third-order valence-electron chi connectivity index (χ3n) is 4.75. The number of carbonyl (C=O) groups excluding carboxylic acids is 1. The molecule has 0 aromatic rings. The third-order valence-corrected chi connectivity index (χ3v) is 4.75. The lowest BCUT2D eigenvalue weighted by atomic mass is 9.79. The molecule has 3 N–H and O–H groups in total. The third kappa shape index (κ3) is 5.74. The summed E-state index contributed by atoms with van der Waals surface area (Å²) in [4.78, 5) is 16.2. The molecule has 2 aliphatic rings. The number of rotatable bonds is 9. The molecule has 0 aromatic heterocycles. The minimum Gasteiger partial charge on any atom is -0.399 e. The Hall–Kier alpha value is -2.01. The SMILES string of the molecule is COCCOCCNC(=O)C(=N)/C=C1/N=CC(B2OC(C)(C)C(C)(C)O2)=CN1. The highest BCUT2D eigenvalue weighted by molar-refractivity contribution is 6.60. The minimum atomic E-state index is -0.524. The van der Waals surface area contributed by atoms with Crippen LogP contribution in [-0.2, 0) is 23.6 Å². The van der Waals surface area contributed by atoms with Crippen molar-refractivity contribution in [1.82, 2.24) is 10.6 Å². The maximum absolute atomic E-state index is 11.9. The molecule has 0 saturated carbocycles. The van der Waals surface area contributed by atoms with Gasteiger partial charge in [-0.1, -0.05) is 0 Å². The van der Waals surface area contributed by atoms with Gasteiger partial charge in [-0.15, -0.1) is 0 Å². The summed E-state index contributed by atoms with van der Waals surface area (Å²) in [6, 6.07) is 0. The Bertz CT molecular complexity index is 671. The molecule has 0 spiro atoms. The molecule has 9 nitrogen and oxygen atoms in total. The first-order valence-corrected chi connectivity index (χ1v) is 9.18. The standard InChI is InChI=1S/C18H29BN4O5/c1-17(2)18(3,4)28-19(27-17)13-11-22-15(23-12-13)10-14(20)16(24)21-6-7-26-9-8-25-5/h10-12,20,22H,6-9H2,1-5H3,(H,21,24)/b15-10+,20-14?. The Morgan fingerprint density at radius 3 is 2.54 bits per heavy atom. The Balaban J connectivity index is 1.80. The molecule has 10 heteroatoms. The Labute approximate surface area is 166 Å². The van der Waals surface area contributed by atoms with Gasteiger partial charge in [-0.05, 0) is 27.7 Å². The number of nitrogens with zero attached hydrogens (tertiary/aromatic N) is 1. The van der Waals surface area contributed by atoms with E-state index in [0.29, 0.717) is 32.2 Å². The van der Waals surface area contributed by atoms with E-state index in [1.807, 2.05) is 27.7 Å². The van der Waals surface area contributed by atoms with Gasteiger partial charge in [0.2, 0.25) is 0 Å². The molecular weight excluding hydrogens is 363 g/mol. The molecule has 154 valence electrons. The van der Waals surface area contributed by atoms with Crippen LogP contribution >= 0.6 is 0 Å². The fourth-order valence-electron chi connectivity index (χ4n) is 2.34. The highest BCUT2D eigenvalue weighted by atomic mass is 16.7. The van der Waals surface area contributed by atoms with Crippen LogP contribution in [0.25, 0.3) is 0 Å². The van der Waals surface area contributed by atoms with Crippen molar-refractivity contribution in [2.45, 2.75) is 38.9 Å². The average Bonchev–Trinajstić information content (AvgIpc) is 2.86. The van der Waals surface area contributed by atoms with Crippen LogP contribution in [0.2, 0.25) is 0 Å². The van der Waals surface area contributed by atoms with E-state index in [2.05, 4.69) is 15.6 Å². The minimum absolute atomic E-state index is 0.205. The second-order valence-corrected chi connectivity index (χ2v) is 7.44. The smallest absolute Gasteiger partial charge is 0.399 e. The van der Waals surface area contributed by atoms with Crippen molar-refractivity contribution < 1.29 is 23.6 Å². The summed E-state index contributed by atoms with van der Waals surface area (Å²) in [6.07, 6.45) is 4.67. The van der Waals surface area contributed by atoms with Crippen molar-refractivity contribution in [3.8, 4) is 0 Å². The predicted octanol–water partition coefficient (Wildman–Crippen LogP) is 0.816. The molecule has 0 aromatic carbocycles. The normalized spacial score (nSPS) is 21.4. The maximum Gasteiger partial charge on any atom is 0.497 e. The van der Waals surface area contributed by atoms with Gasteiger partial charge in [-0.2, -0.15) is 0 Å². The number of hydrogen-bond acceptors (Lipinski definition) is 8. The lowest BCUT2D eigenvalue weighted by molar-refractivity contribution is -0.115. The van der Waals surface area contributed by atoms with E-state index in [0.717, 1.165) is 5.47 Å². The van der Waals surface area contributed by atoms with E-state index in [1.54, 1.807) is 19.5 Å². The molecule has 2 heterocycles. The van der Waals surface area contributed by atoms with E-state index in [1.165, 1.54) is 6.08 Å². The number of methoxy groups -OCH3 is 1. The van der Waals surface area contributed by atoms with Gasteiger partial charge in [0, 0.05) is 37.6 Å². The van der Waals surface area contributed by atoms with Crippen LogP contribution < -0.4 is 10.6 Å². The summed E-state index contributed by atoms with van der Waals surface area (Å²) in [5.41, 5.74) is -0.338. The summed E-state index contributed by atoms with van der Waals surface area (Å²) in [7, 11) is 1.07.